The minimum atomic E-state index is -4.34. The number of hydrogen-bond donors (Lipinski definition) is 0. The highest BCUT2D eigenvalue weighted by molar-refractivity contribution is 7.89. The zero-order valence-electron chi connectivity index (χ0n) is 15.3. The van der Waals surface area contributed by atoms with Crippen LogP contribution in [-0.2, 0) is 10.0 Å². The summed E-state index contributed by atoms with van der Waals surface area (Å²) in [4.78, 5) is 17.8. The molecule has 0 N–H and O–H groups in total. The number of para-hydroxylation sites is 1. The van der Waals surface area contributed by atoms with Gasteiger partial charge in [0.25, 0.3) is 5.91 Å². The third-order valence-corrected chi connectivity index (χ3v) is 6.87. The summed E-state index contributed by atoms with van der Waals surface area (Å²) in [6.07, 6.45) is 1.55. The van der Waals surface area contributed by atoms with E-state index in [1.165, 1.54) is 4.90 Å². The maximum atomic E-state index is 14.0. The van der Waals surface area contributed by atoms with Crippen LogP contribution in [0.1, 0.15) is 10.4 Å². The number of aromatic nitrogens is 1. The van der Waals surface area contributed by atoms with E-state index in [1.54, 1.807) is 24.4 Å². The van der Waals surface area contributed by atoms with Gasteiger partial charge in [-0.15, -0.1) is 0 Å². The molecule has 0 unspecified atom stereocenters. The quantitative estimate of drug-likeness (QED) is 0.657. The summed E-state index contributed by atoms with van der Waals surface area (Å²) in [5, 5.41) is 0.712. The van der Waals surface area contributed by atoms with E-state index >= 15 is 0 Å². The maximum Gasteiger partial charge on any atom is 0.254 e. The number of hydrogen-bond acceptors (Lipinski definition) is 4. The third kappa shape index (κ3) is 3.47. The van der Waals surface area contributed by atoms with Crippen molar-refractivity contribution >= 4 is 26.8 Å². The molecule has 0 aliphatic carbocycles. The number of rotatable bonds is 3. The van der Waals surface area contributed by atoms with Crippen molar-refractivity contribution in [1.29, 1.82) is 0 Å². The summed E-state index contributed by atoms with van der Waals surface area (Å²) < 4.78 is 54.3. The van der Waals surface area contributed by atoms with Crippen molar-refractivity contribution in [3.8, 4) is 0 Å². The SMILES string of the molecule is O=C(c1ccnc2ccccc12)N1CCN(S(=O)(=O)c2c(F)cccc2F)CC1. The molecule has 4 rings (SSSR count). The van der Waals surface area contributed by atoms with E-state index < -0.39 is 26.6 Å². The van der Waals surface area contributed by atoms with Gasteiger partial charge in [-0.1, -0.05) is 24.3 Å². The molecule has 2 heterocycles. The summed E-state index contributed by atoms with van der Waals surface area (Å²) in [6, 6.07) is 11.8. The standard InChI is InChI=1S/C20H17F2N3O3S/c21-16-5-3-6-17(22)19(16)29(27,28)25-12-10-24(11-13-25)20(26)15-8-9-23-18-7-2-1-4-14(15)18/h1-9H,10-13H2. The maximum absolute atomic E-state index is 14.0. The van der Waals surface area contributed by atoms with E-state index in [0.29, 0.717) is 16.5 Å². The van der Waals surface area contributed by atoms with E-state index in [1.807, 2.05) is 12.1 Å². The first kappa shape index (κ1) is 19.4. The van der Waals surface area contributed by atoms with Crippen LogP contribution in [0, 0.1) is 11.6 Å². The van der Waals surface area contributed by atoms with Crippen molar-refractivity contribution in [2.24, 2.45) is 0 Å². The second kappa shape index (κ2) is 7.49. The average Bonchev–Trinajstić information content (AvgIpc) is 2.72. The Labute approximate surface area is 166 Å². The van der Waals surface area contributed by atoms with Crippen LogP contribution in [0.15, 0.2) is 59.6 Å². The largest absolute Gasteiger partial charge is 0.336 e. The number of benzene rings is 2. The Morgan fingerprint density at radius 1 is 0.897 bits per heavy atom. The molecule has 1 aliphatic rings. The van der Waals surface area contributed by atoms with Crippen molar-refractivity contribution in [1.82, 2.24) is 14.2 Å². The van der Waals surface area contributed by atoms with Crippen LogP contribution in [0.5, 0.6) is 0 Å². The Bertz CT molecular complexity index is 1170. The lowest BCUT2D eigenvalue weighted by atomic mass is 10.1. The molecule has 0 atom stereocenters. The molecule has 0 radical (unpaired) electrons. The molecule has 1 amide bonds. The number of sulfonamides is 1. The van der Waals surface area contributed by atoms with Gasteiger partial charge in [-0.2, -0.15) is 4.31 Å². The molecule has 9 heteroatoms. The van der Waals surface area contributed by atoms with Gasteiger partial charge in [0.2, 0.25) is 10.0 Å². The van der Waals surface area contributed by atoms with Crippen LogP contribution >= 0.6 is 0 Å². The molecule has 1 saturated heterocycles. The number of nitrogens with zero attached hydrogens (tertiary/aromatic N) is 3. The Kier molecular flexibility index (Phi) is 5.01. The second-order valence-corrected chi connectivity index (χ2v) is 8.50. The fourth-order valence-electron chi connectivity index (χ4n) is 3.44. The second-order valence-electron chi connectivity index (χ2n) is 6.62. The van der Waals surface area contributed by atoms with Crippen molar-refractivity contribution in [3.63, 3.8) is 0 Å². The fourth-order valence-corrected chi connectivity index (χ4v) is 4.97. The van der Waals surface area contributed by atoms with Crippen LogP contribution in [0.2, 0.25) is 0 Å². The van der Waals surface area contributed by atoms with Gasteiger partial charge in [-0.3, -0.25) is 9.78 Å². The van der Waals surface area contributed by atoms with Gasteiger partial charge in [-0.05, 0) is 24.3 Å². The van der Waals surface area contributed by atoms with E-state index in [9.17, 15) is 22.0 Å². The number of pyridine rings is 1. The molecule has 3 aromatic rings. The van der Waals surface area contributed by atoms with Gasteiger partial charge < -0.3 is 4.90 Å². The van der Waals surface area contributed by atoms with Crippen LogP contribution in [0.4, 0.5) is 8.78 Å². The first-order chi connectivity index (χ1) is 13.9. The Morgan fingerprint density at radius 3 is 2.24 bits per heavy atom. The molecule has 0 spiro atoms. The first-order valence-electron chi connectivity index (χ1n) is 8.97. The summed E-state index contributed by atoms with van der Waals surface area (Å²) in [5.74, 6) is -2.50. The minimum Gasteiger partial charge on any atom is -0.336 e. The molecule has 1 aromatic heterocycles. The summed E-state index contributed by atoms with van der Waals surface area (Å²) in [5.41, 5.74) is 1.17. The molecule has 1 fully saturated rings. The van der Waals surface area contributed by atoms with Gasteiger partial charge in [0, 0.05) is 37.8 Å². The van der Waals surface area contributed by atoms with Crippen molar-refractivity contribution in [2.75, 3.05) is 26.2 Å². The molecule has 2 aromatic carbocycles. The monoisotopic (exact) mass is 417 g/mol. The Hall–Kier alpha value is -2.91. The third-order valence-electron chi connectivity index (χ3n) is 4.92. The summed E-state index contributed by atoms with van der Waals surface area (Å²) in [6.45, 7) is 0.130. The van der Waals surface area contributed by atoms with E-state index in [0.717, 1.165) is 22.5 Å². The summed E-state index contributed by atoms with van der Waals surface area (Å²) >= 11 is 0. The van der Waals surface area contributed by atoms with Crippen LogP contribution < -0.4 is 0 Å². The van der Waals surface area contributed by atoms with Crippen molar-refractivity contribution in [2.45, 2.75) is 4.90 Å². The smallest absolute Gasteiger partial charge is 0.254 e. The average molecular weight is 417 g/mol. The number of carbonyl (C=O) groups excluding carboxylic acids is 1. The predicted octanol–water partition coefficient (Wildman–Crippen LogP) is 2.66. The molecule has 29 heavy (non-hydrogen) atoms. The molecule has 0 saturated carbocycles. The van der Waals surface area contributed by atoms with Gasteiger partial charge in [0.05, 0.1) is 11.1 Å². The highest BCUT2D eigenvalue weighted by Crippen LogP contribution is 2.24. The minimum absolute atomic E-state index is 0.0507. The van der Waals surface area contributed by atoms with Gasteiger partial charge in [0.15, 0.2) is 4.90 Å². The van der Waals surface area contributed by atoms with Crippen LogP contribution in [-0.4, -0.2) is 54.7 Å². The highest BCUT2D eigenvalue weighted by atomic mass is 32.2. The van der Waals surface area contributed by atoms with Crippen molar-refractivity contribution in [3.05, 3.63) is 71.9 Å². The summed E-state index contributed by atoms with van der Waals surface area (Å²) in [7, 11) is -4.34. The Balaban J connectivity index is 1.54. The Morgan fingerprint density at radius 2 is 1.55 bits per heavy atom. The lowest BCUT2D eigenvalue weighted by Gasteiger charge is -2.34. The van der Waals surface area contributed by atoms with E-state index in [2.05, 4.69) is 4.98 Å². The fraction of sp³-hybridized carbons (Fsp3) is 0.200. The molecule has 0 bridgehead atoms. The molecular formula is C20H17F2N3O3S. The molecule has 1 aliphatic heterocycles. The van der Waals surface area contributed by atoms with Gasteiger partial charge in [-0.25, -0.2) is 17.2 Å². The number of halogens is 2. The van der Waals surface area contributed by atoms with Gasteiger partial charge >= 0.3 is 0 Å². The van der Waals surface area contributed by atoms with Gasteiger partial charge in [0.1, 0.15) is 11.6 Å². The topological polar surface area (TPSA) is 70.6 Å². The first-order valence-corrected chi connectivity index (χ1v) is 10.4. The molecular weight excluding hydrogens is 400 g/mol. The van der Waals surface area contributed by atoms with E-state index in [-0.39, 0.29) is 32.1 Å². The molecule has 6 nitrogen and oxygen atoms in total. The predicted molar refractivity (Wildman–Crippen MR) is 103 cm³/mol. The zero-order chi connectivity index (χ0) is 20.6. The lowest BCUT2D eigenvalue weighted by molar-refractivity contribution is 0.0699. The zero-order valence-corrected chi connectivity index (χ0v) is 16.1. The molecule has 150 valence electrons. The number of fused-ring (bicyclic) bond motifs is 1. The number of carbonyl (C=O) groups is 1. The van der Waals surface area contributed by atoms with Crippen molar-refractivity contribution < 1.29 is 22.0 Å². The van der Waals surface area contributed by atoms with Crippen LogP contribution in [0.25, 0.3) is 10.9 Å². The normalized spacial score (nSPS) is 15.6. The highest BCUT2D eigenvalue weighted by Gasteiger charge is 2.34. The van der Waals surface area contributed by atoms with E-state index in [4.69, 9.17) is 0 Å². The van der Waals surface area contributed by atoms with Crippen LogP contribution in [0.3, 0.4) is 0 Å². The lowest BCUT2D eigenvalue weighted by Crippen LogP contribution is -2.50. The number of piperazine rings is 1. The number of amides is 1.